The summed E-state index contributed by atoms with van der Waals surface area (Å²) in [6.07, 6.45) is 0. The van der Waals surface area contributed by atoms with Gasteiger partial charge in [-0.2, -0.15) is 0 Å². The molecule has 238 valence electrons. The summed E-state index contributed by atoms with van der Waals surface area (Å²) in [6, 6.07) is 72.3. The Balaban J connectivity index is 1.16. The first-order chi connectivity index (χ1) is 25.3. The van der Waals surface area contributed by atoms with E-state index in [1.54, 1.807) is 0 Å². The highest BCUT2D eigenvalue weighted by Crippen LogP contribution is 2.38. The first kappa shape index (κ1) is 28.4. The van der Waals surface area contributed by atoms with Crippen LogP contribution in [0.3, 0.4) is 0 Å². The lowest BCUT2D eigenvalue weighted by Gasteiger charge is -2.31. The van der Waals surface area contributed by atoms with Gasteiger partial charge in [-0.05, 0) is 80.4 Å². The van der Waals surface area contributed by atoms with Gasteiger partial charge in [-0.15, -0.1) is 0 Å². The third-order valence-electron chi connectivity index (χ3n) is 11.2. The molecular weight excluding hydrogens is 633 g/mol. The van der Waals surface area contributed by atoms with Crippen LogP contribution in [0, 0.1) is 0 Å². The molecule has 0 unspecified atom stereocenters. The Bertz CT molecular complexity index is 2880. The second-order valence-corrected chi connectivity index (χ2v) is 17.4. The molecule has 0 saturated heterocycles. The highest BCUT2D eigenvalue weighted by Gasteiger charge is 2.48. The second kappa shape index (κ2) is 10.8. The molecule has 51 heavy (non-hydrogen) atoms. The van der Waals surface area contributed by atoms with E-state index in [0.717, 1.165) is 0 Å². The monoisotopic (exact) mass is 664 g/mol. The van der Waals surface area contributed by atoms with Gasteiger partial charge in [0, 0.05) is 32.9 Å². The van der Waals surface area contributed by atoms with Crippen molar-refractivity contribution < 1.29 is 0 Å². The van der Waals surface area contributed by atoms with Crippen LogP contribution in [-0.2, 0) is 0 Å². The van der Waals surface area contributed by atoms with Crippen molar-refractivity contribution in [2.45, 2.75) is 0 Å². The minimum absolute atomic E-state index is 1.17. The predicted octanol–water partition coefficient (Wildman–Crippen LogP) is 9.24. The SMILES string of the molecule is c1ccc([Si]2(c3ccccc3)c3ccccc3-c3cc(-n4c5ccccc5c5cc(-n6c7ccccc7c7ccccc76)ccc54)ccc32)cc1. The summed E-state index contributed by atoms with van der Waals surface area (Å²) in [7, 11) is -2.54. The van der Waals surface area contributed by atoms with Crippen molar-refractivity contribution >= 4 is 72.4 Å². The Morgan fingerprint density at radius 3 is 1.33 bits per heavy atom. The summed E-state index contributed by atoms with van der Waals surface area (Å²) in [6.45, 7) is 0. The van der Waals surface area contributed by atoms with Crippen molar-refractivity contribution in [2.24, 2.45) is 0 Å². The summed E-state index contributed by atoms with van der Waals surface area (Å²) in [5, 5.41) is 10.8. The normalized spacial score (nSPS) is 13.3. The Labute approximate surface area is 297 Å². The van der Waals surface area contributed by atoms with Crippen molar-refractivity contribution in [1.82, 2.24) is 9.13 Å². The Morgan fingerprint density at radius 1 is 0.294 bits per heavy atom. The lowest BCUT2D eigenvalue weighted by molar-refractivity contribution is 1.17. The van der Waals surface area contributed by atoms with Crippen molar-refractivity contribution in [3.05, 3.63) is 194 Å². The number of aromatic nitrogens is 2. The maximum atomic E-state index is 2.47. The van der Waals surface area contributed by atoms with Crippen LogP contribution in [0.4, 0.5) is 0 Å². The van der Waals surface area contributed by atoms with E-state index in [0.29, 0.717) is 0 Å². The van der Waals surface area contributed by atoms with Crippen LogP contribution < -0.4 is 20.7 Å². The van der Waals surface area contributed by atoms with Crippen molar-refractivity contribution in [2.75, 3.05) is 0 Å². The number of nitrogens with zero attached hydrogens (tertiary/aromatic N) is 2. The average molecular weight is 665 g/mol. The zero-order valence-electron chi connectivity index (χ0n) is 27.9. The molecule has 2 aromatic heterocycles. The first-order valence-corrected chi connectivity index (χ1v) is 19.7. The maximum Gasteiger partial charge on any atom is 0.180 e. The quantitative estimate of drug-likeness (QED) is 0.166. The molecule has 0 N–H and O–H groups in total. The molecule has 10 aromatic rings. The maximum absolute atomic E-state index is 2.54. The van der Waals surface area contributed by atoms with Gasteiger partial charge in [0.05, 0.1) is 22.1 Å². The van der Waals surface area contributed by atoms with Crippen LogP contribution in [0.2, 0.25) is 0 Å². The van der Waals surface area contributed by atoms with Crippen LogP contribution in [0.25, 0.3) is 66.1 Å². The minimum atomic E-state index is -2.54. The van der Waals surface area contributed by atoms with E-state index in [9.17, 15) is 0 Å². The smallest absolute Gasteiger partial charge is 0.180 e. The number of benzene rings is 8. The van der Waals surface area contributed by atoms with Gasteiger partial charge in [0.1, 0.15) is 0 Å². The molecule has 0 saturated carbocycles. The van der Waals surface area contributed by atoms with Crippen molar-refractivity contribution in [3.63, 3.8) is 0 Å². The van der Waals surface area contributed by atoms with E-state index in [2.05, 4.69) is 203 Å². The van der Waals surface area contributed by atoms with Crippen molar-refractivity contribution in [3.8, 4) is 22.5 Å². The number of hydrogen-bond donors (Lipinski definition) is 0. The molecule has 0 aliphatic carbocycles. The first-order valence-electron chi connectivity index (χ1n) is 17.7. The van der Waals surface area contributed by atoms with E-state index in [1.165, 1.54) is 86.9 Å². The number of rotatable bonds is 4. The van der Waals surface area contributed by atoms with Crippen LogP contribution >= 0.6 is 0 Å². The summed E-state index contributed by atoms with van der Waals surface area (Å²) >= 11 is 0. The summed E-state index contributed by atoms with van der Waals surface area (Å²) < 4.78 is 4.88. The van der Waals surface area contributed by atoms with Gasteiger partial charge < -0.3 is 9.13 Å². The molecule has 0 bridgehead atoms. The molecular formula is C48H32N2Si. The van der Waals surface area contributed by atoms with Crippen LogP contribution in [-0.4, -0.2) is 17.2 Å². The van der Waals surface area contributed by atoms with E-state index < -0.39 is 8.07 Å². The Morgan fingerprint density at radius 2 is 0.725 bits per heavy atom. The number of para-hydroxylation sites is 3. The van der Waals surface area contributed by atoms with Crippen molar-refractivity contribution in [1.29, 1.82) is 0 Å². The second-order valence-electron chi connectivity index (χ2n) is 13.7. The summed E-state index contributed by atoms with van der Waals surface area (Å²) in [4.78, 5) is 0. The molecule has 0 spiro atoms. The molecule has 3 heterocycles. The molecule has 0 radical (unpaired) electrons. The van der Waals surface area contributed by atoms with E-state index in [1.807, 2.05) is 0 Å². The van der Waals surface area contributed by atoms with Gasteiger partial charge in [-0.1, -0.05) is 146 Å². The standard InChI is InChI=1S/C48H32N2Si/c1-3-15-35(16-4-1)51(36-17-5-2-6-18-36)47-26-14-10-22-40(47)42-32-34(28-30-48(42)51)50-45-25-13-9-21-39(45)41-31-33(27-29-46(41)50)49-43-23-11-7-19-37(43)38-20-8-12-24-44(38)49/h1-32H. The molecule has 2 nitrogen and oxygen atoms in total. The Hall–Kier alpha value is -6.42. The van der Waals surface area contributed by atoms with Gasteiger partial charge in [0.2, 0.25) is 0 Å². The van der Waals surface area contributed by atoms with Gasteiger partial charge in [0.25, 0.3) is 0 Å². The van der Waals surface area contributed by atoms with E-state index in [4.69, 9.17) is 0 Å². The molecule has 0 amide bonds. The lowest BCUT2D eigenvalue weighted by atomic mass is 10.1. The fourth-order valence-electron chi connectivity index (χ4n) is 9.16. The molecule has 0 atom stereocenters. The van der Waals surface area contributed by atoms with E-state index >= 15 is 0 Å². The third-order valence-corrected chi connectivity index (χ3v) is 16.1. The molecule has 1 aliphatic heterocycles. The molecule has 1 aliphatic rings. The van der Waals surface area contributed by atoms with Crippen LogP contribution in [0.5, 0.6) is 0 Å². The fourth-order valence-corrected chi connectivity index (χ4v) is 14.3. The molecule has 0 fully saturated rings. The topological polar surface area (TPSA) is 9.86 Å². The zero-order chi connectivity index (χ0) is 33.5. The number of hydrogen-bond acceptors (Lipinski definition) is 0. The molecule has 8 aromatic carbocycles. The molecule has 3 heteroatoms. The van der Waals surface area contributed by atoms with Gasteiger partial charge in [-0.25, -0.2) is 0 Å². The molecule has 11 rings (SSSR count). The minimum Gasteiger partial charge on any atom is -0.309 e. The highest BCUT2D eigenvalue weighted by molar-refractivity contribution is 7.22. The lowest BCUT2D eigenvalue weighted by Crippen LogP contribution is -2.72. The van der Waals surface area contributed by atoms with Crippen LogP contribution in [0.15, 0.2) is 194 Å². The van der Waals surface area contributed by atoms with Crippen LogP contribution in [0.1, 0.15) is 0 Å². The Kier molecular flexibility index (Phi) is 6.01. The fraction of sp³-hybridized carbons (Fsp3) is 0. The van der Waals surface area contributed by atoms with Gasteiger partial charge >= 0.3 is 0 Å². The van der Waals surface area contributed by atoms with Gasteiger partial charge in [0.15, 0.2) is 8.07 Å². The predicted molar refractivity (Wildman–Crippen MR) is 218 cm³/mol. The van der Waals surface area contributed by atoms with E-state index in [-0.39, 0.29) is 0 Å². The summed E-state index contributed by atoms with van der Waals surface area (Å²) in [5.41, 5.74) is 9.93. The number of fused-ring (bicyclic) bond motifs is 9. The highest BCUT2D eigenvalue weighted by atomic mass is 28.3. The average Bonchev–Trinajstić information content (AvgIpc) is 3.82. The third kappa shape index (κ3) is 3.87. The zero-order valence-corrected chi connectivity index (χ0v) is 28.9. The van der Waals surface area contributed by atoms with Gasteiger partial charge in [-0.3, -0.25) is 0 Å². The largest absolute Gasteiger partial charge is 0.309 e. The summed E-state index contributed by atoms with van der Waals surface area (Å²) in [5.74, 6) is 0.